The molecule has 0 radical (unpaired) electrons. The number of aromatic nitrogens is 4. The third kappa shape index (κ3) is 2.67. The zero-order valence-electron chi connectivity index (χ0n) is 10.8. The first-order chi connectivity index (χ1) is 8.76. The number of aldehydes is 1. The molecule has 0 bridgehead atoms. The summed E-state index contributed by atoms with van der Waals surface area (Å²) in [7, 11) is 0. The molecule has 0 amide bonds. The molecule has 0 unspecified atom stereocenters. The van der Waals surface area contributed by atoms with Gasteiger partial charge < -0.3 is 0 Å². The Labute approximate surface area is 106 Å². The Kier molecular flexibility index (Phi) is 3.92. The zero-order valence-corrected chi connectivity index (χ0v) is 10.8. The Bertz CT molecular complexity index is 511. The first-order valence-corrected chi connectivity index (χ1v) is 6.28. The van der Waals surface area contributed by atoms with Crippen LogP contribution < -0.4 is 0 Å². The molecular formula is C13H18N4O. The minimum absolute atomic E-state index is 0.460. The number of hydrogen-bond acceptors (Lipinski definition) is 3. The van der Waals surface area contributed by atoms with Gasteiger partial charge in [-0.25, -0.2) is 0 Å². The summed E-state index contributed by atoms with van der Waals surface area (Å²) in [5.41, 5.74) is 1.55. The van der Waals surface area contributed by atoms with Crippen molar-refractivity contribution in [2.24, 2.45) is 0 Å². The van der Waals surface area contributed by atoms with Crippen LogP contribution in [0.25, 0.3) is 0 Å². The lowest BCUT2D eigenvalue weighted by atomic mass is 10.2. The molecule has 0 fully saturated rings. The quantitative estimate of drug-likeness (QED) is 0.735. The van der Waals surface area contributed by atoms with Crippen molar-refractivity contribution in [2.75, 3.05) is 0 Å². The van der Waals surface area contributed by atoms with Crippen molar-refractivity contribution in [2.45, 2.75) is 39.3 Å². The van der Waals surface area contributed by atoms with Crippen LogP contribution in [0.1, 0.15) is 48.8 Å². The number of carbonyl (C=O) groups excluding carboxylic acids is 1. The molecule has 5 heteroatoms. The summed E-state index contributed by atoms with van der Waals surface area (Å²) in [6.07, 6.45) is 8.25. The predicted octanol–water partition coefficient (Wildman–Crippen LogP) is 2.30. The van der Waals surface area contributed by atoms with Gasteiger partial charge in [-0.15, -0.1) is 0 Å². The van der Waals surface area contributed by atoms with Crippen LogP contribution in [0.5, 0.6) is 0 Å². The standard InChI is InChI=1S/C13H18N4O/c1-3-13(4-2)17-6-5-12(15-17)9-16-8-11(10-18)7-14-16/h5-8,10,13H,3-4,9H2,1-2H3. The third-order valence-corrected chi connectivity index (χ3v) is 3.09. The fraction of sp³-hybridized carbons (Fsp3) is 0.462. The van der Waals surface area contributed by atoms with Crippen LogP contribution >= 0.6 is 0 Å². The van der Waals surface area contributed by atoms with Gasteiger partial charge in [0.1, 0.15) is 0 Å². The maximum Gasteiger partial charge on any atom is 0.153 e. The highest BCUT2D eigenvalue weighted by molar-refractivity contribution is 5.73. The van der Waals surface area contributed by atoms with E-state index in [9.17, 15) is 4.79 Å². The Morgan fingerprint density at radius 2 is 2.17 bits per heavy atom. The topological polar surface area (TPSA) is 52.7 Å². The minimum Gasteiger partial charge on any atom is -0.298 e. The maximum atomic E-state index is 10.6. The maximum absolute atomic E-state index is 10.6. The monoisotopic (exact) mass is 246 g/mol. The van der Waals surface area contributed by atoms with Crippen molar-refractivity contribution >= 4 is 6.29 Å². The lowest BCUT2D eigenvalue weighted by Crippen LogP contribution is -2.09. The molecule has 5 nitrogen and oxygen atoms in total. The Morgan fingerprint density at radius 3 is 2.78 bits per heavy atom. The molecule has 0 saturated heterocycles. The smallest absolute Gasteiger partial charge is 0.153 e. The van der Waals surface area contributed by atoms with Crippen molar-refractivity contribution < 1.29 is 4.79 Å². The van der Waals surface area contributed by atoms with E-state index < -0.39 is 0 Å². The summed E-state index contributed by atoms with van der Waals surface area (Å²) in [5, 5.41) is 8.66. The Hall–Kier alpha value is -1.91. The van der Waals surface area contributed by atoms with E-state index in [1.165, 1.54) is 0 Å². The second kappa shape index (κ2) is 5.62. The zero-order chi connectivity index (χ0) is 13.0. The third-order valence-electron chi connectivity index (χ3n) is 3.09. The molecule has 0 N–H and O–H groups in total. The summed E-state index contributed by atoms with van der Waals surface area (Å²) >= 11 is 0. The number of rotatable bonds is 6. The minimum atomic E-state index is 0.460. The number of nitrogens with zero attached hydrogens (tertiary/aromatic N) is 4. The van der Waals surface area contributed by atoms with Gasteiger partial charge in [-0.3, -0.25) is 14.2 Å². The average Bonchev–Trinajstić information content (AvgIpc) is 3.01. The van der Waals surface area contributed by atoms with Gasteiger partial charge in [0, 0.05) is 12.4 Å². The Balaban J connectivity index is 2.08. The average molecular weight is 246 g/mol. The molecule has 18 heavy (non-hydrogen) atoms. The van der Waals surface area contributed by atoms with Gasteiger partial charge in [-0.1, -0.05) is 13.8 Å². The van der Waals surface area contributed by atoms with Crippen LogP contribution in [0.4, 0.5) is 0 Å². The van der Waals surface area contributed by atoms with Crippen molar-refractivity contribution in [3.05, 3.63) is 35.9 Å². The molecule has 0 atom stereocenters. The molecule has 2 rings (SSSR count). The second-order valence-corrected chi connectivity index (χ2v) is 4.35. The lowest BCUT2D eigenvalue weighted by molar-refractivity contribution is 0.112. The van der Waals surface area contributed by atoms with Crippen molar-refractivity contribution in [1.82, 2.24) is 19.6 Å². The first kappa shape index (κ1) is 12.5. The SMILES string of the molecule is CCC(CC)n1ccc(Cn2cc(C=O)cn2)n1. The van der Waals surface area contributed by atoms with Crippen LogP contribution in [0, 0.1) is 0 Å². The fourth-order valence-electron chi connectivity index (χ4n) is 2.02. The molecule has 0 aromatic carbocycles. The highest BCUT2D eigenvalue weighted by atomic mass is 16.1. The molecule has 0 aliphatic carbocycles. The van der Waals surface area contributed by atoms with E-state index in [-0.39, 0.29) is 0 Å². The van der Waals surface area contributed by atoms with E-state index in [2.05, 4.69) is 24.0 Å². The van der Waals surface area contributed by atoms with Gasteiger partial charge in [0.05, 0.1) is 30.0 Å². The molecule has 0 aliphatic heterocycles. The van der Waals surface area contributed by atoms with Gasteiger partial charge in [0.15, 0.2) is 6.29 Å². The molecule has 0 spiro atoms. The summed E-state index contributed by atoms with van der Waals surface area (Å²) < 4.78 is 3.74. The molecule has 2 aromatic rings. The highest BCUT2D eigenvalue weighted by Crippen LogP contribution is 2.14. The second-order valence-electron chi connectivity index (χ2n) is 4.35. The molecule has 0 saturated carbocycles. The van der Waals surface area contributed by atoms with Crippen LogP contribution in [-0.2, 0) is 6.54 Å². The van der Waals surface area contributed by atoms with E-state index in [0.717, 1.165) is 24.8 Å². The Morgan fingerprint density at radius 1 is 1.39 bits per heavy atom. The van der Waals surface area contributed by atoms with E-state index >= 15 is 0 Å². The van der Waals surface area contributed by atoms with Gasteiger partial charge in [-0.05, 0) is 18.9 Å². The van der Waals surface area contributed by atoms with Crippen LogP contribution in [0.15, 0.2) is 24.7 Å². The number of hydrogen-bond donors (Lipinski definition) is 0. The van der Waals surface area contributed by atoms with E-state index in [1.807, 2.05) is 16.9 Å². The lowest BCUT2D eigenvalue weighted by Gasteiger charge is -2.12. The fourth-order valence-corrected chi connectivity index (χ4v) is 2.02. The van der Waals surface area contributed by atoms with Crippen LogP contribution in [-0.4, -0.2) is 25.8 Å². The summed E-state index contributed by atoms with van der Waals surface area (Å²) in [5.74, 6) is 0. The van der Waals surface area contributed by atoms with Crippen molar-refractivity contribution in [1.29, 1.82) is 0 Å². The summed E-state index contributed by atoms with van der Waals surface area (Å²) in [4.78, 5) is 10.6. The molecule has 96 valence electrons. The van der Waals surface area contributed by atoms with Gasteiger partial charge >= 0.3 is 0 Å². The van der Waals surface area contributed by atoms with Gasteiger partial charge in [0.25, 0.3) is 0 Å². The molecular weight excluding hydrogens is 228 g/mol. The van der Waals surface area contributed by atoms with Gasteiger partial charge in [0.2, 0.25) is 0 Å². The van der Waals surface area contributed by atoms with Crippen LogP contribution in [0.3, 0.4) is 0 Å². The van der Waals surface area contributed by atoms with Crippen molar-refractivity contribution in [3.8, 4) is 0 Å². The molecule has 0 aliphatic rings. The molecule has 2 heterocycles. The summed E-state index contributed by atoms with van der Waals surface area (Å²) in [6.45, 7) is 4.93. The normalized spacial score (nSPS) is 11.1. The first-order valence-electron chi connectivity index (χ1n) is 6.28. The highest BCUT2D eigenvalue weighted by Gasteiger charge is 2.08. The number of carbonyl (C=O) groups is 1. The van der Waals surface area contributed by atoms with Gasteiger partial charge in [-0.2, -0.15) is 10.2 Å². The van der Waals surface area contributed by atoms with Crippen LogP contribution in [0.2, 0.25) is 0 Å². The molecule has 2 aromatic heterocycles. The van der Waals surface area contributed by atoms with E-state index in [0.29, 0.717) is 18.2 Å². The largest absolute Gasteiger partial charge is 0.298 e. The van der Waals surface area contributed by atoms with E-state index in [1.54, 1.807) is 17.1 Å². The van der Waals surface area contributed by atoms with Crippen molar-refractivity contribution in [3.63, 3.8) is 0 Å². The predicted molar refractivity (Wildman–Crippen MR) is 68.6 cm³/mol. The van der Waals surface area contributed by atoms with E-state index in [4.69, 9.17) is 0 Å². The summed E-state index contributed by atoms with van der Waals surface area (Å²) in [6, 6.07) is 2.46.